The average molecular weight is 607 g/mol. The molecule has 0 bridgehead atoms. The van der Waals surface area contributed by atoms with Crippen molar-refractivity contribution in [3.8, 4) is 0 Å². The van der Waals surface area contributed by atoms with Crippen LogP contribution in [0.4, 0.5) is 11.4 Å². The first kappa shape index (κ1) is 27.3. The smallest absolute Gasteiger partial charge is 0.259 e. The molecule has 0 aromatic heterocycles. The summed E-state index contributed by atoms with van der Waals surface area (Å²) in [5.74, 6) is -0.885. The number of halogens is 1. The highest BCUT2D eigenvalue weighted by atomic mass is 35.5. The van der Waals surface area contributed by atoms with Gasteiger partial charge in [-0.1, -0.05) is 114 Å². The second-order valence-corrected chi connectivity index (χ2v) is 12.2. The molecule has 0 fully saturated rings. The van der Waals surface area contributed by atoms with Crippen molar-refractivity contribution in [1.29, 1.82) is 0 Å². The van der Waals surface area contributed by atoms with Crippen LogP contribution in [0.2, 0.25) is 5.02 Å². The van der Waals surface area contributed by atoms with E-state index in [1.165, 1.54) is 0 Å². The van der Waals surface area contributed by atoms with E-state index in [1.807, 2.05) is 104 Å². The summed E-state index contributed by atoms with van der Waals surface area (Å²) in [6, 6.07) is 38.1. The minimum absolute atomic E-state index is 0.195. The molecule has 0 radical (unpaired) electrons. The Balaban J connectivity index is 1.43. The fourth-order valence-corrected chi connectivity index (χ4v) is 7.43. The summed E-state index contributed by atoms with van der Waals surface area (Å²) in [6.45, 7) is 2.61. The summed E-state index contributed by atoms with van der Waals surface area (Å²) in [4.78, 5) is 48.1. The number of fused-ring (bicyclic) bond motifs is 5. The number of nitrogens with zero attached hydrogens (tertiary/aromatic N) is 2. The second-order valence-electron chi connectivity index (χ2n) is 11.8. The third-order valence-electron chi connectivity index (χ3n) is 9.19. The highest BCUT2D eigenvalue weighted by molar-refractivity contribution is 6.42. The lowest BCUT2D eigenvalue weighted by molar-refractivity contribution is -0.120. The molecule has 2 heterocycles. The molecule has 0 saturated carbocycles. The number of amides is 2. The Morgan fingerprint density at radius 3 is 1.96 bits per heavy atom. The predicted molar refractivity (Wildman–Crippen MR) is 176 cm³/mol. The summed E-state index contributed by atoms with van der Waals surface area (Å²) >= 11 is 6.56. The molecule has 0 N–H and O–H groups in total. The fraction of sp³-hybridized carbons (Fsp3) is 0.103. The van der Waals surface area contributed by atoms with Gasteiger partial charge in [-0.3, -0.25) is 14.4 Å². The Morgan fingerprint density at radius 1 is 0.622 bits per heavy atom. The van der Waals surface area contributed by atoms with Gasteiger partial charge >= 0.3 is 0 Å². The van der Waals surface area contributed by atoms with Crippen molar-refractivity contribution in [2.24, 2.45) is 0 Å². The number of Topliss-reactive ketones (excluding diaryl/α,β-unsaturated/α-hetero) is 1. The van der Waals surface area contributed by atoms with Crippen molar-refractivity contribution < 1.29 is 14.4 Å². The highest BCUT2D eigenvalue weighted by Gasteiger charge is 2.63. The number of benzene rings is 5. The molecule has 1 unspecified atom stereocenters. The zero-order chi connectivity index (χ0) is 30.9. The van der Waals surface area contributed by atoms with Crippen LogP contribution in [0.3, 0.4) is 0 Å². The van der Waals surface area contributed by atoms with Crippen molar-refractivity contribution in [2.75, 3.05) is 9.80 Å². The van der Waals surface area contributed by atoms with E-state index in [2.05, 4.69) is 0 Å². The highest BCUT2D eigenvalue weighted by Crippen LogP contribution is 2.59. The number of ketones is 1. The Morgan fingerprint density at radius 2 is 1.24 bits per heavy atom. The van der Waals surface area contributed by atoms with Gasteiger partial charge in [-0.25, -0.2) is 0 Å². The average Bonchev–Trinajstić information content (AvgIpc) is 3.56. The van der Waals surface area contributed by atoms with E-state index in [9.17, 15) is 9.59 Å². The molecular weight excluding hydrogens is 580 g/mol. The van der Waals surface area contributed by atoms with Gasteiger partial charge in [-0.2, -0.15) is 0 Å². The third kappa shape index (κ3) is 3.90. The number of hydrogen-bond acceptors (Lipinski definition) is 3. The van der Waals surface area contributed by atoms with Crippen molar-refractivity contribution in [3.63, 3.8) is 0 Å². The van der Waals surface area contributed by atoms with E-state index in [1.54, 1.807) is 34.1 Å². The normalized spacial score (nSPS) is 19.8. The van der Waals surface area contributed by atoms with Crippen molar-refractivity contribution in [3.05, 3.63) is 171 Å². The molecule has 3 aliphatic rings. The van der Waals surface area contributed by atoms with Crippen LogP contribution in [-0.4, -0.2) is 17.6 Å². The number of carbonyl (C=O) groups is 3. The van der Waals surface area contributed by atoms with Crippen LogP contribution < -0.4 is 9.80 Å². The zero-order valence-corrected chi connectivity index (χ0v) is 25.2. The van der Waals surface area contributed by atoms with Crippen molar-refractivity contribution >= 4 is 46.1 Å². The Labute approximate surface area is 266 Å². The molecule has 45 heavy (non-hydrogen) atoms. The van der Waals surface area contributed by atoms with E-state index in [0.29, 0.717) is 46.1 Å². The summed E-state index contributed by atoms with van der Waals surface area (Å²) in [5, 5.41) is 0.443. The van der Waals surface area contributed by atoms with Crippen LogP contribution in [0.25, 0.3) is 5.57 Å². The van der Waals surface area contributed by atoms with Crippen LogP contribution in [0.1, 0.15) is 43.7 Å². The number of carbonyl (C=O) groups excluding carboxylic acids is 3. The molecular formula is C39H27ClN2O3. The molecule has 1 spiro atoms. The lowest BCUT2D eigenvalue weighted by atomic mass is 9.71. The van der Waals surface area contributed by atoms with Crippen LogP contribution >= 0.6 is 11.6 Å². The zero-order valence-electron chi connectivity index (χ0n) is 24.5. The first-order chi connectivity index (χ1) is 21.9. The summed E-state index contributed by atoms with van der Waals surface area (Å²) in [6.07, 6.45) is 0. The first-order valence-corrected chi connectivity index (χ1v) is 15.3. The van der Waals surface area contributed by atoms with Crippen molar-refractivity contribution in [1.82, 2.24) is 0 Å². The quantitative estimate of drug-likeness (QED) is 0.197. The van der Waals surface area contributed by atoms with Gasteiger partial charge < -0.3 is 9.80 Å². The Bertz CT molecular complexity index is 2100. The van der Waals surface area contributed by atoms with Gasteiger partial charge in [0.15, 0.2) is 5.78 Å². The summed E-state index contributed by atoms with van der Waals surface area (Å²) in [5.41, 5.74) is 5.47. The largest absolute Gasteiger partial charge is 0.306 e. The Hall–Kier alpha value is -5.26. The number of rotatable bonds is 4. The third-order valence-corrected chi connectivity index (χ3v) is 9.42. The van der Waals surface area contributed by atoms with Gasteiger partial charge in [0.05, 0.1) is 24.4 Å². The van der Waals surface area contributed by atoms with Crippen LogP contribution in [0.5, 0.6) is 0 Å². The lowest BCUT2D eigenvalue weighted by Crippen LogP contribution is -2.42. The molecule has 2 amide bonds. The summed E-state index contributed by atoms with van der Waals surface area (Å²) in [7, 11) is 0. The Kier molecular flexibility index (Phi) is 6.16. The van der Waals surface area contributed by atoms with Gasteiger partial charge in [0, 0.05) is 33.0 Å². The van der Waals surface area contributed by atoms with Gasteiger partial charge in [-0.15, -0.1) is 0 Å². The molecule has 2 aliphatic heterocycles. The fourth-order valence-electron chi connectivity index (χ4n) is 7.25. The molecule has 218 valence electrons. The van der Waals surface area contributed by atoms with Crippen LogP contribution in [0.15, 0.2) is 127 Å². The maximum atomic E-state index is 15.2. The van der Waals surface area contributed by atoms with Crippen LogP contribution in [-0.2, 0) is 28.1 Å². The molecule has 8 rings (SSSR count). The molecule has 1 atom stereocenters. The summed E-state index contributed by atoms with van der Waals surface area (Å²) < 4.78 is 0. The van der Waals surface area contributed by atoms with Gasteiger partial charge in [0.2, 0.25) is 5.91 Å². The van der Waals surface area contributed by atoms with E-state index in [-0.39, 0.29) is 28.7 Å². The lowest BCUT2D eigenvalue weighted by Gasteiger charge is -2.28. The maximum Gasteiger partial charge on any atom is 0.259 e. The number of hydrogen-bond donors (Lipinski definition) is 0. The predicted octanol–water partition coefficient (Wildman–Crippen LogP) is 7.68. The van der Waals surface area contributed by atoms with E-state index >= 15 is 4.79 Å². The van der Waals surface area contributed by atoms with Crippen molar-refractivity contribution in [2.45, 2.75) is 25.4 Å². The molecule has 1 aliphatic carbocycles. The molecule has 5 aromatic rings. The first-order valence-electron chi connectivity index (χ1n) is 14.9. The minimum atomic E-state index is -1.50. The molecule has 5 aromatic carbocycles. The molecule has 6 heteroatoms. The number of aryl methyl sites for hydroxylation is 1. The van der Waals surface area contributed by atoms with E-state index in [4.69, 9.17) is 11.6 Å². The van der Waals surface area contributed by atoms with Crippen LogP contribution in [0, 0.1) is 6.92 Å². The SMILES string of the molecule is Cc1ccc2c(c1)C1(C(=O)N2Cc2ccccc2)/C(=C2\C(=O)N(Cc3ccccc3)c3ccc(Cl)cc32)C(=O)c2ccccc21. The number of anilines is 2. The van der Waals surface area contributed by atoms with E-state index in [0.717, 1.165) is 22.4 Å². The maximum absolute atomic E-state index is 15.2. The minimum Gasteiger partial charge on any atom is -0.306 e. The molecule has 0 saturated heterocycles. The van der Waals surface area contributed by atoms with Gasteiger partial charge in [-0.05, 0) is 47.9 Å². The molecule has 5 nitrogen and oxygen atoms in total. The van der Waals surface area contributed by atoms with Gasteiger partial charge in [0.25, 0.3) is 5.91 Å². The topological polar surface area (TPSA) is 57.7 Å². The standard InChI is InChI=1S/C39H27ClN2O3/c1-24-16-18-33-31(20-24)39(38(45)42(33)23-26-12-6-3-7-13-26)30-15-9-8-14-28(30)36(43)35(39)34-29-21-27(40)17-19-32(29)41(37(34)44)22-25-10-4-2-5-11-25/h2-21H,22-23H2,1H3/b35-34-. The monoisotopic (exact) mass is 606 g/mol. The van der Waals surface area contributed by atoms with Gasteiger partial charge in [0.1, 0.15) is 5.41 Å². The second kappa shape index (κ2) is 10.1. The van der Waals surface area contributed by atoms with E-state index < -0.39 is 5.41 Å².